The molecule has 2 aliphatic rings. The van der Waals surface area contributed by atoms with Crippen LogP contribution in [0.5, 0.6) is 0 Å². The molecule has 2 saturated carbocycles. The molecule has 2 atom stereocenters. The molecular formula is C14H27N. The maximum absolute atomic E-state index is 6.63. The SMILES string of the molecule is CC1CCCCC1(N)CC1CCCCC1. The molecule has 2 unspecified atom stereocenters. The Morgan fingerprint density at radius 2 is 1.67 bits per heavy atom. The highest BCUT2D eigenvalue weighted by atomic mass is 14.8. The first-order valence-corrected chi connectivity index (χ1v) is 6.99. The molecule has 0 spiro atoms. The summed E-state index contributed by atoms with van der Waals surface area (Å²) in [5.41, 5.74) is 6.83. The third-order valence-electron chi connectivity index (χ3n) is 4.90. The van der Waals surface area contributed by atoms with E-state index in [2.05, 4.69) is 6.92 Å². The Kier molecular flexibility index (Phi) is 3.71. The van der Waals surface area contributed by atoms with Crippen molar-refractivity contribution in [3.8, 4) is 0 Å². The highest BCUT2D eigenvalue weighted by molar-refractivity contribution is 4.94. The first-order chi connectivity index (χ1) is 7.21. The second-order valence-electron chi connectivity index (χ2n) is 6.09. The zero-order valence-corrected chi connectivity index (χ0v) is 10.3. The van der Waals surface area contributed by atoms with E-state index in [4.69, 9.17) is 5.73 Å². The van der Waals surface area contributed by atoms with Crippen molar-refractivity contribution < 1.29 is 0 Å². The van der Waals surface area contributed by atoms with Gasteiger partial charge in [0, 0.05) is 5.54 Å². The molecule has 0 aromatic carbocycles. The van der Waals surface area contributed by atoms with E-state index in [9.17, 15) is 0 Å². The van der Waals surface area contributed by atoms with Crippen LogP contribution in [0.1, 0.15) is 71.1 Å². The number of hydrogen-bond donors (Lipinski definition) is 1. The van der Waals surface area contributed by atoms with Crippen molar-refractivity contribution in [1.29, 1.82) is 0 Å². The van der Waals surface area contributed by atoms with Crippen molar-refractivity contribution in [1.82, 2.24) is 0 Å². The van der Waals surface area contributed by atoms with E-state index in [0.717, 1.165) is 11.8 Å². The lowest BCUT2D eigenvalue weighted by molar-refractivity contribution is 0.149. The minimum atomic E-state index is 0.195. The molecule has 0 bridgehead atoms. The van der Waals surface area contributed by atoms with Crippen LogP contribution in [-0.2, 0) is 0 Å². The van der Waals surface area contributed by atoms with Gasteiger partial charge in [-0.2, -0.15) is 0 Å². The van der Waals surface area contributed by atoms with Gasteiger partial charge in [0.15, 0.2) is 0 Å². The molecule has 2 rings (SSSR count). The van der Waals surface area contributed by atoms with Crippen molar-refractivity contribution in [3.05, 3.63) is 0 Å². The van der Waals surface area contributed by atoms with E-state index in [0.29, 0.717) is 0 Å². The van der Waals surface area contributed by atoms with Gasteiger partial charge in [-0.3, -0.25) is 0 Å². The molecule has 1 heteroatoms. The summed E-state index contributed by atoms with van der Waals surface area (Å²) in [6.45, 7) is 2.38. The third kappa shape index (κ3) is 2.75. The van der Waals surface area contributed by atoms with Gasteiger partial charge in [-0.25, -0.2) is 0 Å². The standard InChI is InChI=1S/C14H27N/c1-12-7-5-6-10-14(12,15)11-13-8-3-2-4-9-13/h12-13H,2-11,15H2,1H3. The number of rotatable bonds is 2. The summed E-state index contributed by atoms with van der Waals surface area (Å²) in [6, 6.07) is 0. The van der Waals surface area contributed by atoms with Gasteiger partial charge < -0.3 is 5.73 Å². The van der Waals surface area contributed by atoms with Crippen molar-refractivity contribution in [3.63, 3.8) is 0 Å². The van der Waals surface area contributed by atoms with Crippen LogP contribution in [0.4, 0.5) is 0 Å². The highest BCUT2D eigenvalue weighted by Gasteiger charge is 2.36. The van der Waals surface area contributed by atoms with Crippen LogP contribution < -0.4 is 5.73 Å². The van der Waals surface area contributed by atoms with Crippen molar-refractivity contribution >= 4 is 0 Å². The molecular weight excluding hydrogens is 182 g/mol. The summed E-state index contributed by atoms with van der Waals surface area (Å²) < 4.78 is 0. The maximum Gasteiger partial charge on any atom is 0.0182 e. The molecule has 2 aliphatic carbocycles. The fourth-order valence-electron chi connectivity index (χ4n) is 3.67. The van der Waals surface area contributed by atoms with Crippen LogP contribution in [-0.4, -0.2) is 5.54 Å². The van der Waals surface area contributed by atoms with Gasteiger partial charge in [-0.1, -0.05) is 51.9 Å². The lowest BCUT2D eigenvalue weighted by Gasteiger charge is -2.42. The van der Waals surface area contributed by atoms with Gasteiger partial charge in [0.05, 0.1) is 0 Å². The lowest BCUT2D eigenvalue weighted by atomic mass is 9.68. The number of nitrogens with two attached hydrogens (primary N) is 1. The number of hydrogen-bond acceptors (Lipinski definition) is 1. The molecule has 0 amide bonds. The molecule has 0 saturated heterocycles. The fourth-order valence-corrected chi connectivity index (χ4v) is 3.67. The Labute approximate surface area is 94.8 Å². The van der Waals surface area contributed by atoms with Crippen LogP contribution in [0.25, 0.3) is 0 Å². The predicted molar refractivity (Wildman–Crippen MR) is 65.7 cm³/mol. The minimum absolute atomic E-state index is 0.195. The average molecular weight is 209 g/mol. The van der Waals surface area contributed by atoms with E-state index in [1.165, 1.54) is 64.2 Å². The summed E-state index contributed by atoms with van der Waals surface area (Å²) in [6.07, 6.45) is 14.0. The van der Waals surface area contributed by atoms with Crippen molar-refractivity contribution in [2.45, 2.75) is 76.7 Å². The molecule has 0 aromatic rings. The Balaban J connectivity index is 1.89. The summed E-state index contributed by atoms with van der Waals surface area (Å²) in [5.74, 6) is 1.71. The monoisotopic (exact) mass is 209 g/mol. The van der Waals surface area contributed by atoms with E-state index >= 15 is 0 Å². The summed E-state index contributed by atoms with van der Waals surface area (Å²) >= 11 is 0. The van der Waals surface area contributed by atoms with Gasteiger partial charge in [-0.15, -0.1) is 0 Å². The van der Waals surface area contributed by atoms with Gasteiger partial charge in [-0.05, 0) is 31.1 Å². The largest absolute Gasteiger partial charge is 0.325 e. The average Bonchev–Trinajstić information content (AvgIpc) is 2.24. The second kappa shape index (κ2) is 4.86. The Bertz CT molecular complexity index is 196. The smallest absolute Gasteiger partial charge is 0.0182 e. The molecule has 88 valence electrons. The molecule has 1 nitrogen and oxygen atoms in total. The lowest BCUT2D eigenvalue weighted by Crippen LogP contribution is -2.49. The summed E-state index contributed by atoms with van der Waals surface area (Å²) in [4.78, 5) is 0. The quantitative estimate of drug-likeness (QED) is 0.734. The third-order valence-corrected chi connectivity index (χ3v) is 4.90. The Morgan fingerprint density at radius 1 is 1.00 bits per heavy atom. The topological polar surface area (TPSA) is 26.0 Å². The van der Waals surface area contributed by atoms with Crippen LogP contribution in [0.3, 0.4) is 0 Å². The van der Waals surface area contributed by atoms with Crippen LogP contribution in [0.15, 0.2) is 0 Å². The first kappa shape index (κ1) is 11.4. The Hall–Kier alpha value is -0.0400. The van der Waals surface area contributed by atoms with E-state index < -0.39 is 0 Å². The van der Waals surface area contributed by atoms with E-state index in [-0.39, 0.29) is 5.54 Å². The van der Waals surface area contributed by atoms with Crippen LogP contribution in [0, 0.1) is 11.8 Å². The van der Waals surface area contributed by atoms with E-state index in [1.807, 2.05) is 0 Å². The molecule has 0 heterocycles. The predicted octanol–water partition coefficient (Wildman–Crippen LogP) is 3.86. The van der Waals surface area contributed by atoms with Crippen LogP contribution >= 0.6 is 0 Å². The van der Waals surface area contributed by atoms with Gasteiger partial charge in [0.25, 0.3) is 0 Å². The van der Waals surface area contributed by atoms with Gasteiger partial charge >= 0.3 is 0 Å². The minimum Gasteiger partial charge on any atom is -0.325 e. The molecule has 0 aliphatic heterocycles. The zero-order chi connectivity index (χ0) is 10.7. The molecule has 0 radical (unpaired) electrons. The first-order valence-electron chi connectivity index (χ1n) is 6.99. The molecule has 15 heavy (non-hydrogen) atoms. The fraction of sp³-hybridized carbons (Fsp3) is 1.00. The van der Waals surface area contributed by atoms with Gasteiger partial charge in [0.2, 0.25) is 0 Å². The normalized spacial score (nSPS) is 39.2. The molecule has 2 fully saturated rings. The Morgan fingerprint density at radius 3 is 2.33 bits per heavy atom. The van der Waals surface area contributed by atoms with Crippen molar-refractivity contribution in [2.24, 2.45) is 17.6 Å². The summed E-state index contributed by atoms with van der Waals surface area (Å²) in [5, 5.41) is 0. The second-order valence-corrected chi connectivity index (χ2v) is 6.09. The maximum atomic E-state index is 6.63. The molecule has 2 N–H and O–H groups in total. The zero-order valence-electron chi connectivity index (χ0n) is 10.3. The van der Waals surface area contributed by atoms with Gasteiger partial charge in [0.1, 0.15) is 0 Å². The van der Waals surface area contributed by atoms with Crippen molar-refractivity contribution in [2.75, 3.05) is 0 Å². The van der Waals surface area contributed by atoms with Crippen LogP contribution in [0.2, 0.25) is 0 Å². The summed E-state index contributed by atoms with van der Waals surface area (Å²) in [7, 11) is 0. The molecule has 0 aromatic heterocycles. The van der Waals surface area contributed by atoms with E-state index in [1.54, 1.807) is 0 Å². The highest BCUT2D eigenvalue weighted by Crippen LogP contribution is 2.39.